The minimum atomic E-state index is -4.19. The molecule has 0 aromatic heterocycles. The molecule has 11 heteroatoms. The fraction of sp³-hybridized carbons (Fsp3) is 0.194. The van der Waals surface area contributed by atoms with Crippen LogP contribution in [-0.4, -0.2) is 22.9 Å². The summed E-state index contributed by atoms with van der Waals surface area (Å²) in [6.45, 7) is 10.6. The smallest absolute Gasteiger partial charge is 0.339 e. The molecule has 0 bridgehead atoms. The first kappa shape index (κ1) is 30.6. The first-order chi connectivity index (χ1) is 19.7. The van der Waals surface area contributed by atoms with Gasteiger partial charge in [0.2, 0.25) is 0 Å². The molecule has 0 unspecified atom stereocenters. The fourth-order valence-electron chi connectivity index (χ4n) is 4.97. The highest BCUT2D eigenvalue weighted by Gasteiger charge is 2.24. The highest BCUT2D eigenvalue weighted by molar-refractivity contribution is 7.87. The average molecular weight is 609 g/mol. The Morgan fingerprint density at radius 2 is 1.05 bits per heavy atom. The van der Waals surface area contributed by atoms with E-state index in [1.165, 1.54) is 36.4 Å². The van der Waals surface area contributed by atoms with Gasteiger partial charge in [0.25, 0.3) is 0 Å². The molecule has 2 N–H and O–H groups in total. The number of benzene rings is 4. The molecular formula is C31H32N2O7S2. The van der Waals surface area contributed by atoms with Crippen molar-refractivity contribution in [1.82, 2.24) is 0 Å². The van der Waals surface area contributed by atoms with E-state index < -0.39 is 26.3 Å². The number of aryl methyl sites for hydroxylation is 6. The lowest BCUT2D eigenvalue weighted by Gasteiger charge is -2.16. The molecule has 0 radical (unpaired) electrons. The second kappa shape index (κ2) is 11.9. The van der Waals surface area contributed by atoms with Crippen LogP contribution in [0.1, 0.15) is 33.4 Å². The maximum absolute atomic E-state index is 13.2. The van der Waals surface area contributed by atoms with Crippen LogP contribution in [0, 0.1) is 41.5 Å². The minimum absolute atomic E-state index is 0.0531. The first-order valence-corrected chi connectivity index (χ1v) is 15.8. The summed E-state index contributed by atoms with van der Waals surface area (Å²) in [4.78, 5) is 13.0. The Morgan fingerprint density at radius 1 is 0.595 bits per heavy atom. The van der Waals surface area contributed by atoms with E-state index in [0.29, 0.717) is 27.9 Å². The fourth-order valence-corrected chi connectivity index (χ4v) is 7.70. The highest BCUT2D eigenvalue weighted by Crippen LogP contribution is 2.31. The Hall–Kier alpha value is -4.35. The van der Waals surface area contributed by atoms with Crippen molar-refractivity contribution in [2.75, 3.05) is 10.6 Å². The van der Waals surface area contributed by atoms with Crippen LogP contribution in [0.4, 0.5) is 16.2 Å². The summed E-state index contributed by atoms with van der Waals surface area (Å²) in [5.41, 5.74) is 4.64. The number of anilines is 2. The van der Waals surface area contributed by atoms with Crippen LogP contribution in [0.2, 0.25) is 0 Å². The van der Waals surface area contributed by atoms with E-state index in [9.17, 15) is 21.6 Å². The van der Waals surface area contributed by atoms with Crippen LogP contribution in [-0.2, 0) is 20.2 Å². The second-order valence-corrected chi connectivity index (χ2v) is 13.1. The van der Waals surface area contributed by atoms with Gasteiger partial charge in [0.1, 0.15) is 15.5 Å². The van der Waals surface area contributed by atoms with Gasteiger partial charge >= 0.3 is 26.3 Å². The molecule has 0 aliphatic rings. The van der Waals surface area contributed by atoms with E-state index in [1.807, 2.05) is 13.8 Å². The number of carbonyl (C=O) groups excluding carboxylic acids is 1. The van der Waals surface area contributed by atoms with Crippen LogP contribution in [0.25, 0.3) is 0 Å². The minimum Gasteiger partial charge on any atom is -0.379 e. The maximum atomic E-state index is 13.2. The molecule has 2 amide bonds. The highest BCUT2D eigenvalue weighted by atomic mass is 32.2. The molecule has 4 rings (SSSR count). The van der Waals surface area contributed by atoms with Gasteiger partial charge in [-0.15, -0.1) is 0 Å². The SMILES string of the molecule is Cc1cc(C)c(S(=O)(=O)Oc2ccc(NC(=O)Nc3ccccc3OS(=O)(=O)c3c(C)cc(C)cc3C)cc2)c(C)c1. The predicted molar refractivity (Wildman–Crippen MR) is 162 cm³/mol. The summed E-state index contributed by atoms with van der Waals surface area (Å²) < 4.78 is 63.0. The van der Waals surface area contributed by atoms with Gasteiger partial charge in [-0.25, -0.2) is 4.79 Å². The van der Waals surface area contributed by atoms with Crippen LogP contribution in [0.15, 0.2) is 82.6 Å². The van der Waals surface area contributed by atoms with Gasteiger partial charge < -0.3 is 19.0 Å². The van der Waals surface area contributed by atoms with Crippen LogP contribution in [0.3, 0.4) is 0 Å². The second-order valence-electron chi connectivity index (χ2n) is 10.1. The third-order valence-electron chi connectivity index (χ3n) is 6.36. The molecule has 4 aromatic rings. The zero-order valence-corrected chi connectivity index (χ0v) is 25.7. The lowest BCUT2D eigenvalue weighted by Crippen LogP contribution is -2.21. The lowest BCUT2D eigenvalue weighted by atomic mass is 10.1. The molecule has 0 saturated heterocycles. The maximum Gasteiger partial charge on any atom is 0.339 e. The summed E-state index contributed by atoms with van der Waals surface area (Å²) in [7, 11) is -8.27. The number of amides is 2. The van der Waals surface area contributed by atoms with E-state index in [-0.39, 0.29) is 27.0 Å². The van der Waals surface area contributed by atoms with Crippen molar-refractivity contribution < 1.29 is 30.0 Å². The van der Waals surface area contributed by atoms with Gasteiger partial charge in [-0.3, -0.25) is 0 Å². The summed E-state index contributed by atoms with van der Waals surface area (Å²) >= 11 is 0. The van der Waals surface area contributed by atoms with Crippen molar-refractivity contribution in [3.8, 4) is 11.5 Å². The molecule has 220 valence electrons. The van der Waals surface area contributed by atoms with E-state index in [2.05, 4.69) is 10.6 Å². The number of carbonyl (C=O) groups is 1. The Morgan fingerprint density at radius 3 is 1.55 bits per heavy atom. The molecule has 9 nitrogen and oxygen atoms in total. The summed E-state index contributed by atoms with van der Waals surface area (Å²) in [6, 6.07) is 18.4. The third-order valence-corrected chi connectivity index (χ3v) is 9.46. The standard InChI is InChI=1S/C31H32N2O7S2/c1-19-15-21(3)29(22(4)16-19)41(35,36)39-26-13-11-25(12-14-26)32-31(34)33-27-9-7-8-10-28(27)40-42(37,38)30-23(5)17-20(2)18-24(30)6/h7-18H,1-6H3,(H2,32,33,34). The quantitative estimate of drug-likeness (QED) is 0.213. The molecule has 0 aliphatic heterocycles. The van der Waals surface area contributed by atoms with Crippen LogP contribution in [0.5, 0.6) is 11.5 Å². The van der Waals surface area contributed by atoms with Crippen LogP contribution < -0.4 is 19.0 Å². The van der Waals surface area contributed by atoms with Crippen molar-refractivity contribution in [3.63, 3.8) is 0 Å². The summed E-state index contributed by atoms with van der Waals surface area (Å²) in [6.07, 6.45) is 0. The predicted octanol–water partition coefficient (Wildman–Crippen LogP) is 6.72. The van der Waals surface area contributed by atoms with Gasteiger partial charge in [0, 0.05) is 5.69 Å². The lowest BCUT2D eigenvalue weighted by molar-refractivity contribution is 0.262. The number of para-hydroxylation sites is 2. The molecular weight excluding hydrogens is 576 g/mol. The van der Waals surface area contributed by atoms with E-state index >= 15 is 0 Å². The van der Waals surface area contributed by atoms with Gasteiger partial charge in [-0.1, -0.05) is 47.5 Å². The van der Waals surface area contributed by atoms with Gasteiger partial charge in [0.05, 0.1) is 5.69 Å². The third kappa shape index (κ3) is 6.92. The molecule has 0 atom stereocenters. The summed E-state index contributed by atoms with van der Waals surface area (Å²) in [5.74, 6) is 0.0219. The number of hydrogen-bond donors (Lipinski definition) is 2. The Balaban J connectivity index is 1.46. The zero-order chi connectivity index (χ0) is 30.8. The Kier molecular flexibility index (Phi) is 8.65. The largest absolute Gasteiger partial charge is 0.379 e. The number of nitrogens with one attached hydrogen (secondary N) is 2. The molecule has 0 saturated carbocycles. The number of hydrogen-bond acceptors (Lipinski definition) is 7. The van der Waals surface area contributed by atoms with E-state index in [1.54, 1.807) is 64.1 Å². The monoisotopic (exact) mass is 608 g/mol. The molecule has 42 heavy (non-hydrogen) atoms. The number of rotatable bonds is 8. The number of urea groups is 1. The normalized spacial score (nSPS) is 11.6. The molecule has 4 aromatic carbocycles. The summed E-state index contributed by atoms with van der Waals surface area (Å²) in [5, 5.41) is 5.22. The Bertz CT molecular complexity index is 1840. The van der Waals surface area contributed by atoms with Crippen molar-refractivity contribution in [2.24, 2.45) is 0 Å². The average Bonchev–Trinajstić information content (AvgIpc) is 2.84. The van der Waals surface area contributed by atoms with Crippen molar-refractivity contribution in [3.05, 3.63) is 106 Å². The molecule has 0 heterocycles. The first-order valence-electron chi connectivity index (χ1n) is 13.0. The molecule has 0 fully saturated rings. The topological polar surface area (TPSA) is 128 Å². The van der Waals surface area contributed by atoms with Crippen LogP contribution >= 0.6 is 0 Å². The van der Waals surface area contributed by atoms with Crippen molar-refractivity contribution in [1.29, 1.82) is 0 Å². The molecule has 0 spiro atoms. The van der Waals surface area contributed by atoms with E-state index in [0.717, 1.165) is 11.1 Å². The molecule has 0 aliphatic carbocycles. The Labute approximate surface area is 246 Å². The van der Waals surface area contributed by atoms with Gasteiger partial charge in [0.15, 0.2) is 5.75 Å². The van der Waals surface area contributed by atoms with E-state index in [4.69, 9.17) is 8.37 Å². The van der Waals surface area contributed by atoms with Crippen molar-refractivity contribution >= 4 is 37.6 Å². The van der Waals surface area contributed by atoms with Gasteiger partial charge in [-0.2, -0.15) is 16.8 Å². The van der Waals surface area contributed by atoms with Gasteiger partial charge in [-0.05, 0) is 100 Å². The zero-order valence-electron chi connectivity index (χ0n) is 24.1. The van der Waals surface area contributed by atoms with Crippen molar-refractivity contribution in [2.45, 2.75) is 51.3 Å².